The molecule has 0 aliphatic rings. The van der Waals surface area contributed by atoms with Crippen molar-refractivity contribution in [2.45, 2.75) is 13.5 Å². The predicted octanol–water partition coefficient (Wildman–Crippen LogP) is 3.07. The molecule has 3 N–H and O–H groups in total. The second-order valence-corrected chi connectivity index (χ2v) is 4.57. The van der Waals surface area contributed by atoms with Crippen LogP contribution in [0.4, 0.5) is 11.4 Å². The van der Waals surface area contributed by atoms with E-state index in [0.717, 1.165) is 22.6 Å². The van der Waals surface area contributed by atoms with Crippen LogP contribution in [0.5, 0.6) is 5.75 Å². The molecule has 4 heteroatoms. The highest BCUT2D eigenvalue weighted by Crippen LogP contribution is 2.22. The second-order valence-electron chi connectivity index (χ2n) is 4.57. The van der Waals surface area contributed by atoms with E-state index < -0.39 is 0 Å². The molecule has 2 rings (SSSR count). The van der Waals surface area contributed by atoms with Crippen LogP contribution in [0.2, 0.25) is 0 Å². The number of ether oxygens (including phenoxy) is 1. The van der Waals surface area contributed by atoms with E-state index in [9.17, 15) is 0 Å². The highest BCUT2D eigenvalue weighted by Gasteiger charge is 2.03. The highest BCUT2D eigenvalue weighted by molar-refractivity contribution is 5.68. The monoisotopic (exact) mass is 267 g/mol. The van der Waals surface area contributed by atoms with Crippen LogP contribution in [-0.2, 0) is 6.54 Å². The van der Waals surface area contributed by atoms with Crippen molar-refractivity contribution in [3.63, 3.8) is 0 Å². The summed E-state index contributed by atoms with van der Waals surface area (Å²) < 4.78 is 5.24. The molecular weight excluding hydrogens is 250 g/mol. The molecule has 0 saturated heterocycles. The van der Waals surface area contributed by atoms with Crippen molar-refractivity contribution in [3.8, 4) is 11.8 Å². The van der Waals surface area contributed by atoms with Gasteiger partial charge in [-0.1, -0.05) is 12.1 Å². The number of nitrogen functional groups attached to an aromatic ring is 1. The van der Waals surface area contributed by atoms with Gasteiger partial charge in [0.2, 0.25) is 0 Å². The lowest BCUT2D eigenvalue weighted by Gasteiger charge is -2.11. The van der Waals surface area contributed by atoms with Gasteiger partial charge < -0.3 is 15.8 Å². The van der Waals surface area contributed by atoms with Crippen LogP contribution in [0, 0.1) is 18.3 Å². The summed E-state index contributed by atoms with van der Waals surface area (Å²) in [6.45, 7) is 2.65. The largest absolute Gasteiger partial charge is 0.496 e. The third kappa shape index (κ3) is 3.01. The smallest absolute Gasteiger partial charge is 0.121 e. The van der Waals surface area contributed by atoms with Gasteiger partial charge in [-0.15, -0.1) is 0 Å². The lowest BCUT2D eigenvalue weighted by atomic mass is 10.1. The molecule has 0 bridgehead atoms. The van der Waals surface area contributed by atoms with Crippen LogP contribution in [0.1, 0.15) is 16.7 Å². The Kier molecular flexibility index (Phi) is 4.11. The molecule has 0 unspecified atom stereocenters. The maximum absolute atomic E-state index is 8.90. The molecule has 0 aliphatic heterocycles. The number of hydrogen-bond donors (Lipinski definition) is 2. The molecule has 0 spiro atoms. The molecule has 102 valence electrons. The SMILES string of the molecule is COc1ccc(CNc2cc(C#N)ccc2N)cc1C. The summed E-state index contributed by atoms with van der Waals surface area (Å²) in [4.78, 5) is 0. The molecule has 0 aliphatic carbocycles. The number of nitrogens with zero attached hydrogens (tertiary/aromatic N) is 1. The molecule has 0 aromatic heterocycles. The molecule has 0 atom stereocenters. The van der Waals surface area contributed by atoms with E-state index in [2.05, 4.69) is 17.5 Å². The Bertz CT molecular complexity index is 659. The van der Waals surface area contributed by atoms with Gasteiger partial charge >= 0.3 is 0 Å². The summed E-state index contributed by atoms with van der Waals surface area (Å²) in [6, 6.07) is 13.3. The first kappa shape index (κ1) is 13.8. The number of nitrogens with two attached hydrogens (primary N) is 1. The average Bonchev–Trinajstić information content (AvgIpc) is 2.46. The number of methoxy groups -OCH3 is 1. The Hall–Kier alpha value is -2.67. The molecule has 0 fully saturated rings. The molecule has 0 amide bonds. The van der Waals surface area contributed by atoms with Crippen molar-refractivity contribution >= 4 is 11.4 Å². The standard InChI is InChI=1S/C16H17N3O/c1-11-7-13(4-6-16(11)20-2)10-19-15-8-12(9-17)3-5-14(15)18/h3-8,19H,10,18H2,1-2H3. The number of nitrogens with one attached hydrogen (secondary N) is 1. The fraction of sp³-hybridized carbons (Fsp3) is 0.188. The van der Waals surface area contributed by atoms with Gasteiger partial charge in [0.1, 0.15) is 5.75 Å². The van der Waals surface area contributed by atoms with Crippen LogP contribution in [0.15, 0.2) is 36.4 Å². The van der Waals surface area contributed by atoms with Crippen molar-refractivity contribution in [2.24, 2.45) is 0 Å². The first-order chi connectivity index (χ1) is 9.63. The van der Waals surface area contributed by atoms with E-state index in [1.165, 1.54) is 0 Å². The molecular formula is C16H17N3O. The molecule has 2 aromatic carbocycles. The molecule has 4 nitrogen and oxygen atoms in total. The summed E-state index contributed by atoms with van der Waals surface area (Å²) in [6.07, 6.45) is 0. The fourth-order valence-electron chi connectivity index (χ4n) is 2.03. The first-order valence-electron chi connectivity index (χ1n) is 6.31. The van der Waals surface area contributed by atoms with Crippen molar-refractivity contribution in [1.82, 2.24) is 0 Å². The number of hydrogen-bond acceptors (Lipinski definition) is 4. The van der Waals surface area contributed by atoms with Gasteiger partial charge in [0.15, 0.2) is 0 Å². The number of nitriles is 1. The summed E-state index contributed by atoms with van der Waals surface area (Å²) in [7, 11) is 1.66. The Morgan fingerprint density at radius 3 is 2.70 bits per heavy atom. The van der Waals surface area contributed by atoms with Crippen molar-refractivity contribution < 1.29 is 4.74 Å². The van der Waals surface area contributed by atoms with Crippen LogP contribution in [0.3, 0.4) is 0 Å². The fourth-order valence-corrected chi connectivity index (χ4v) is 2.03. The highest BCUT2D eigenvalue weighted by atomic mass is 16.5. The maximum atomic E-state index is 8.90. The van der Waals surface area contributed by atoms with Crippen LogP contribution in [-0.4, -0.2) is 7.11 Å². The molecule has 0 saturated carbocycles. The summed E-state index contributed by atoms with van der Waals surface area (Å²) >= 11 is 0. The zero-order chi connectivity index (χ0) is 14.5. The topological polar surface area (TPSA) is 71.1 Å². The normalized spacial score (nSPS) is 9.85. The van der Waals surface area contributed by atoms with Gasteiger partial charge in [0.25, 0.3) is 0 Å². The van der Waals surface area contributed by atoms with E-state index in [1.54, 1.807) is 25.3 Å². The van der Waals surface area contributed by atoms with Gasteiger partial charge in [-0.25, -0.2) is 0 Å². The second kappa shape index (κ2) is 5.98. The van der Waals surface area contributed by atoms with E-state index >= 15 is 0 Å². The minimum absolute atomic E-state index is 0.590. The average molecular weight is 267 g/mol. The zero-order valence-electron chi connectivity index (χ0n) is 11.6. The lowest BCUT2D eigenvalue weighted by Crippen LogP contribution is -2.03. The Balaban J connectivity index is 2.13. The Morgan fingerprint density at radius 2 is 2.05 bits per heavy atom. The number of anilines is 2. The molecule has 2 aromatic rings. The van der Waals surface area contributed by atoms with Crippen molar-refractivity contribution in [1.29, 1.82) is 5.26 Å². The minimum Gasteiger partial charge on any atom is -0.496 e. The molecule has 0 heterocycles. The van der Waals surface area contributed by atoms with Gasteiger partial charge in [-0.2, -0.15) is 5.26 Å². The van der Waals surface area contributed by atoms with Crippen LogP contribution >= 0.6 is 0 Å². The van der Waals surface area contributed by atoms with E-state index in [-0.39, 0.29) is 0 Å². The van der Waals surface area contributed by atoms with Gasteiger partial charge in [0.05, 0.1) is 30.1 Å². The van der Waals surface area contributed by atoms with Crippen LogP contribution in [0.25, 0.3) is 0 Å². The van der Waals surface area contributed by atoms with E-state index in [1.807, 2.05) is 19.1 Å². The quantitative estimate of drug-likeness (QED) is 0.835. The van der Waals surface area contributed by atoms with Gasteiger partial charge in [-0.3, -0.25) is 0 Å². The van der Waals surface area contributed by atoms with E-state index in [4.69, 9.17) is 15.7 Å². The number of aryl methyl sites for hydroxylation is 1. The minimum atomic E-state index is 0.590. The molecule has 20 heavy (non-hydrogen) atoms. The maximum Gasteiger partial charge on any atom is 0.121 e. The summed E-state index contributed by atoms with van der Waals surface area (Å²) in [5.74, 6) is 0.875. The van der Waals surface area contributed by atoms with Crippen LogP contribution < -0.4 is 15.8 Å². The van der Waals surface area contributed by atoms with Crippen molar-refractivity contribution in [3.05, 3.63) is 53.1 Å². The zero-order valence-corrected chi connectivity index (χ0v) is 11.6. The third-order valence-electron chi connectivity index (χ3n) is 3.12. The Morgan fingerprint density at radius 1 is 1.25 bits per heavy atom. The number of rotatable bonds is 4. The van der Waals surface area contributed by atoms with Gasteiger partial charge in [0, 0.05) is 6.54 Å². The molecule has 0 radical (unpaired) electrons. The Labute approximate surface area is 118 Å². The lowest BCUT2D eigenvalue weighted by molar-refractivity contribution is 0.411. The third-order valence-corrected chi connectivity index (χ3v) is 3.12. The summed E-state index contributed by atoms with van der Waals surface area (Å²) in [5, 5.41) is 12.2. The first-order valence-corrected chi connectivity index (χ1v) is 6.31. The number of benzene rings is 2. The van der Waals surface area contributed by atoms with Gasteiger partial charge in [-0.05, 0) is 42.3 Å². The van der Waals surface area contributed by atoms with E-state index in [0.29, 0.717) is 17.8 Å². The van der Waals surface area contributed by atoms with Crippen molar-refractivity contribution in [2.75, 3.05) is 18.2 Å². The predicted molar refractivity (Wildman–Crippen MR) is 80.6 cm³/mol. The summed E-state index contributed by atoms with van der Waals surface area (Å²) in [5.41, 5.74) is 10.1.